The number of carbonyl (C=O) groups is 2. The van der Waals surface area contributed by atoms with Crippen molar-refractivity contribution in [3.63, 3.8) is 0 Å². The fourth-order valence-corrected chi connectivity index (χ4v) is 2.83. The summed E-state index contributed by atoms with van der Waals surface area (Å²) in [5.74, 6) is -0.959. The van der Waals surface area contributed by atoms with Crippen molar-refractivity contribution >= 4 is 29.0 Å². The molecule has 4 nitrogen and oxygen atoms in total. The maximum Gasteiger partial charge on any atom is 0.299 e. The molecular weight excluding hydrogens is 288 g/mol. The van der Waals surface area contributed by atoms with Crippen LogP contribution in [-0.4, -0.2) is 16.7 Å². The first-order chi connectivity index (χ1) is 9.99. The van der Waals surface area contributed by atoms with Gasteiger partial charge in [-0.3, -0.25) is 14.6 Å². The van der Waals surface area contributed by atoms with Crippen LogP contribution >= 0.6 is 11.6 Å². The van der Waals surface area contributed by atoms with Gasteiger partial charge >= 0.3 is 0 Å². The first-order valence-electron chi connectivity index (χ1n) is 6.55. The SMILES string of the molecule is Cc1cc(C)c2c(c1)N(Cc1ccncc1Cl)C(=O)C2=O. The molecule has 1 aliphatic rings. The van der Waals surface area contributed by atoms with Crippen molar-refractivity contribution in [2.24, 2.45) is 0 Å². The smallest absolute Gasteiger partial charge is 0.299 e. The van der Waals surface area contributed by atoms with Gasteiger partial charge in [-0.05, 0) is 42.7 Å². The average Bonchev–Trinajstić information content (AvgIpc) is 2.66. The number of hydrogen-bond donors (Lipinski definition) is 0. The van der Waals surface area contributed by atoms with E-state index in [2.05, 4.69) is 4.98 Å². The molecule has 1 amide bonds. The topological polar surface area (TPSA) is 50.3 Å². The Bertz CT molecular complexity index is 771. The van der Waals surface area contributed by atoms with Crippen LogP contribution in [0.3, 0.4) is 0 Å². The number of benzene rings is 1. The Morgan fingerprint density at radius 3 is 2.71 bits per heavy atom. The van der Waals surface area contributed by atoms with Crippen LogP contribution in [0.2, 0.25) is 5.02 Å². The summed E-state index contributed by atoms with van der Waals surface area (Å²) in [5, 5.41) is 0.482. The number of hydrogen-bond acceptors (Lipinski definition) is 3. The van der Waals surface area contributed by atoms with Gasteiger partial charge < -0.3 is 4.90 Å². The molecule has 0 atom stereocenters. The molecule has 21 heavy (non-hydrogen) atoms. The van der Waals surface area contributed by atoms with Crippen LogP contribution in [0.5, 0.6) is 0 Å². The lowest BCUT2D eigenvalue weighted by molar-refractivity contribution is -0.114. The van der Waals surface area contributed by atoms with Gasteiger partial charge in [0.1, 0.15) is 0 Å². The van der Waals surface area contributed by atoms with Crippen molar-refractivity contribution in [3.05, 3.63) is 57.9 Å². The number of Topliss-reactive ketones (excluding diaryl/α,β-unsaturated/α-hetero) is 1. The minimum absolute atomic E-state index is 0.266. The standard InChI is InChI=1S/C16H13ClN2O2/c1-9-5-10(2)14-13(6-9)19(16(21)15(14)20)8-11-3-4-18-7-12(11)17/h3-7H,8H2,1-2H3. The summed E-state index contributed by atoms with van der Waals surface area (Å²) in [6.07, 6.45) is 3.15. The Balaban J connectivity index is 2.08. The van der Waals surface area contributed by atoms with Gasteiger partial charge in [-0.25, -0.2) is 0 Å². The van der Waals surface area contributed by atoms with Crippen LogP contribution in [-0.2, 0) is 11.3 Å². The predicted octanol–water partition coefficient (Wildman–Crippen LogP) is 3.08. The molecule has 2 heterocycles. The minimum atomic E-state index is -0.508. The predicted molar refractivity (Wildman–Crippen MR) is 80.7 cm³/mol. The van der Waals surface area contributed by atoms with Crippen LogP contribution in [0.25, 0.3) is 0 Å². The van der Waals surface area contributed by atoms with Gasteiger partial charge in [-0.15, -0.1) is 0 Å². The number of fused-ring (bicyclic) bond motifs is 1. The first-order valence-corrected chi connectivity index (χ1v) is 6.92. The second kappa shape index (κ2) is 4.97. The average molecular weight is 301 g/mol. The van der Waals surface area contributed by atoms with E-state index < -0.39 is 11.7 Å². The van der Waals surface area contributed by atoms with Crippen LogP contribution < -0.4 is 4.90 Å². The van der Waals surface area contributed by atoms with E-state index in [0.717, 1.165) is 16.7 Å². The number of aromatic nitrogens is 1. The van der Waals surface area contributed by atoms with Gasteiger partial charge in [0.05, 0.1) is 22.8 Å². The molecule has 0 fully saturated rings. The normalized spacial score (nSPS) is 13.8. The molecule has 1 aromatic heterocycles. The fourth-order valence-electron chi connectivity index (χ4n) is 2.65. The van der Waals surface area contributed by atoms with Crippen molar-refractivity contribution in [2.45, 2.75) is 20.4 Å². The number of pyridine rings is 1. The quantitative estimate of drug-likeness (QED) is 0.801. The molecule has 106 valence electrons. The van der Waals surface area contributed by atoms with E-state index in [1.165, 1.54) is 11.1 Å². The van der Waals surface area contributed by atoms with Crippen molar-refractivity contribution in [3.8, 4) is 0 Å². The molecule has 1 aromatic carbocycles. The van der Waals surface area contributed by atoms with E-state index in [0.29, 0.717) is 16.3 Å². The highest BCUT2D eigenvalue weighted by Crippen LogP contribution is 2.34. The molecule has 0 aliphatic carbocycles. The monoisotopic (exact) mass is 300 g/mol. The lowest BCUT2D eigenvalue weighted by Crippen LogP contribution is -2.29. The highest BCUT2D eigenvalue weighted by atomic mass is 35.5. The molecule has 0 saturated carbocycles. The molecular formula is C16H13ClN2O2. The summed E-state index contributed by atoms with van der Waals surface area (Å²) < 4.78 is 0. The maximum atomic E-state index is 12.3. The minimum Gasteiger partial charge on any atom is -0.300 e. The largest absolute Gasteiger partial charge is 0.300 e. The summed E-state index contributed by atoms with van der Waals surface area (Å²) in [7, 11) is 0. The zero-order chi connectivity index (χ0) is 15.1. The van der Waals surface area contributed by atoms with E-state index in [1.807, 2.05) is 26.0 Å². The zero-order valence-electron chi connectivity index (χ0n) is 11.7. The summed E-state index contributed by atoms with van der Waals surface area (Å²) in [6.45, 7) is 4.06. The van der Waals surface area contributed by atoms with Crippen LogP contribution in [0.15, 0.2) is 30.6 Å². The van der Waals surface area contributed by atoms with Gasteiger partial charge in [-0.1, -0.05) is 17.7 Å². The summed E-state index contributed by atoms with van der Waals surface area (Å²) >= 11 is 6.09. The van der Waals surface area contributed by atoms with E-state index >= 15 is 0 Å². The second-order valence-corrected chi connectivity index (χ2v) is 5.57. The number of ketones is 1. The Morgan fingerprint density at radius 1 is 1.24 bits per heavy atom. The Kier molecular flexibility index (Phi) is 3.26. The molecule has 0 radical (unpaired) electrons. The molecule has 5 heteroatoms. The lowest BCUT2D eigenvalue weighted by atomic mass is 10.0. The number of halogens is 1. The number of aryl methyl sites for hydroxylation is 2. The number of amides is 1. The number of anilines is 1. The third kappa shape index (κ3) is 2.21. The summed E-state index contributed by atoms with van der Waals surface area (Å²) in [4.78, 5) is 29.8. The molecule has 0 bridgehead atoms. The second-order valence-electron chi connectivity index (χ2n) is 5.16. The highest BCUT2D eigenvalue weighted by Gasteiger charge is 2.37. The Hall–Kier alpha value is -2.20. The van der Waals surface area contributed by atoms with Crippen LogP contribution in [0, 0.1) is 13.8 Å². The van der Waals surface area contributed by atoms with Crippen molar-refractivity contribution in [1.82, 2.24) is 4.98 Å². The molecule has 0 spiro atoms. The summed E-state index contributed by atoms with van der Waals surface area (Å²) in [5.41, 5.74) is 3.76. The third-order valence-electron chi connectivity index (χ3n) is 3.60. The van der Waals surface area contributed by atoms with Crippen molar-refractivity contribution < 1.29 is 9.59 Å². The van der Waals surface area contributed by atoms with Gasteiger partial charge in [0.25, 0.3) is 11.7 Å². The van der Waals surface area contributed by atoms with Crippen molar-refractivity contribution in [1.29, 1.82) is 0 Å². The van der Waals surface area contributed by atoms with E-state index in [9.17, 15) is 9.59 Å². The first kappa shape index (κ1) is 13.8. The van der Waals surface area contributed by atoms with E-state index in [1.54, 1.807) is 12.3 Å². The number of nitrogens with zero attached hydrogens (tertiary/aromatic N) is 2. The molecule has 0 N–H and O–H groups in total. The highest BCUT2D eigenvalue weighted by molar-refractivity contribution is 6.52. The Labute approximate surface area is 127 Å². The number of carbonyl (C=O) groups excluding carboxylic acids is 2. The van der Waals surface area contributed by atoms with Crippen LogP contribution in [0.1, 0.15) is 27.0 Å². The zero-order valence-corrected chi connectivity index (χ0v) is 12.4. The van der Waals surface area contributed by atoms with E-state index in [-0.39, 0.29) is 6.54 Å². The van der Waals surface area contributed by atoms with Crippen molar-refractivity contribution in [2.75, 3.05) is 4.90 Å². The Morgan fingerprint density at radius 2 is 2.00 bits per heavy atom. The van der Waals surface area contributed by atoms with Gasteiger partial charge in [0.15, 0.2) is 0 Å². The lowest BCUT2D eigenvalue weighted by Gasteiger charge is -2.18. The molecule has 1 aliphatic heterocycles. The van der Waals surface area contributed by atoms with E-state index in [4.69, 9.17) is 11.6 Å². The van der Waals surface area contributed by atoms with Gasteiger partial charge in [0.2, 0.25) is 0 Å². The summed E-state index contributed by atoms with van der Waals surface area (Å²) in [6, 6.07) is 5.52. The molecule has 0 unspecified atom stereocenters. The molecule has 0 saturated heterocycles. The van der Waals surface area contributed by atoms with Crippen LogP contribution in [0.4, 0.5) is 5.69 Å². The maximum absolute atomic E-state index is 12.3. The van der Waals surface area contributed by atoms with Gasteiger partial charge in [-0.2, -0.15) is 0 Å². The molecule has 3 rings (SSSR count). The molecule has 2 aromatic rings. The van der Waals surface area contributed by atoms with Gasteiger partial charge in [0, 0.05) is 12.4 Å². The third-order valence-corrected chi connectivity index (χ3v) is 3.94. The number of rotatable bonds is 2. The fraction of sp³-hybridized carbons (Fsp3) is 0.188.